The summed E-state index contributed by atoms with van der Waals surface area (Å²) in [4.78, 5) is 23.0. The maximum Gasteiger partial charge on any atom is 0.316 e. The fourth-order valence-corrected chi connectivity index (χ4v) is 6.24. The van der Waals surface area contributed by atoms with Crippen LogP contribution in [0.1, 0.15) is 181 Å². The van der Waals surface area contributed by atoms with Crippen LogP contribution >= 0.6 is 0 Å². The maximum absolute atomic E-state index is 11.7. The third-order valence-electron chi connectivity index (χ3n) is 13.6. The Balaban J connectivity index is 0.000000452. The second kappa shape index (κ2) is 33.8. The molecule has 0 radical (unpaired) electrons. The van der Waals surface area contributed by atoms with Crippen molar-refractivity contribution in [2.24, 2.45) is 11.3 Å². The van der Waals surface area contributed by atoms with Crippen molar-refractivity contribution >= 4 is 11.9 Å². The number of carbonyl (C=O) groups excluding carboxylic acids is 2. The average molecular weight is 1030 g/mol. The first-order valence-electron chi connectivity index (χ1n) is 26.5. The molecule has 0 heterocycles. The van der Waals surface area contributed by atoms with Crippen molar-refractivity contribution in [3.8, 4) is 46.0 Å². The predicted molar refractivity (Wildman–Crippen MR) is 308 cm³/mol. The minimum atomic E-state index is -0.474. The van der Waals surface area contributed by atoms with Crippen LogP contribution in [-0.2, 0) is 15.0 Å². The molecule has 0 spiro atoms. The number of rotatable bonds is 14. The molecule has 0 aliphatic carbocycles. The van der Waals surface area contributed by atoms with Gasteiger partial charge in [-0.15, -0.1) is 0 Å². The number of ether oxygens (including phenoxy) is 2. The number of hydrogen-bond donors (Lipinski definition) is 6. The number of carbonyl (C=O) groups is 2. The van der Waals surface area contributed by atoms with Crippen molar-refractivity contribution in [3.63, 3.8) is 0 Å². The number of phenols is 6. The Morgan fingerprint density at radius 1 is 0.453 bits per heavy atom. The summed E-state index contributed by atoms with van der Waals surface area (Å²) in [5.74, 6) is 3.82. The van der Waals surface area contributed by atoms with Gasteiger partial charge in [0.1, 0.15) is 46.0 Å². The van der Waals surface area contributed by atoms with E-state index in [1.54, 1.807) is 60.7 Å². The molecule has 6 N–H and O–H groups in total. The molecular weight excluding hydrogens is 941 g/mol. The molecule has 10 nitrogen and oxygen atoms in total. The van der Waals surface area contributed by atoms with Gasteiger partial charge in [-0.25, -0.2) is 0 Å². The highest BCUT2D eigenvalue weighted by Gasteiger charge is 2.27. The van der Waals surface area contributed by atoms with Gasteiger partial charge in [-0.3, -0.25) is 9.59 Å². The lowest BCUT2D eigenvalue weighted by Gasteiger charge is -2.22. The lowest BCUT2D eigenvalue weighted by atomic mass is 9.82. The smallest absolute Gasteiger partial charge is 0.316 e. The van der Waals surface area contributed by atoms with E-state index in [1.807, 2.05) is 90.1 Å². The molecule has 0 aliphatic rings. The molecule has 10 heteroatoms. The predicted octanol–water partition coefficient (Wildman–Crippen LogP) is 17.2. The Morgan fingerprint density at radius 2 is 0.853 bits per heavy atom. The Labute approximate surface area is 450 Å². The van der Waals surface area contributed by atoms with Crippen molar-refractivity contribution in [1.82, 2.24) is 0 Å². The molecule has 0 aliphatic heterocycles. The first kappa shape index (κ1) is 66.1. The molecule has 4 atom stereocenters. The van der Waals surface area contributed by atoms with Crippen LogP contribution in [0.25, 0.3) is 0 Å². The molecular formula is C65H90O10. The second-order valence-corrected chi connectivity index (χ2v) is 20.3. The lowest BCUT2D eigenvalue weighted by molar-refractivity contribution is -0.144. The summed E-state index contributed by atoms with van der Waals surface area (Å²) in [7, 11) is 0. The standard InChI is InChI=1S/C12H16O3.C11H14O3.2C11H16O.2C10H14O/c1-4-12(2,3)11(14)15-10-7-5-9(13)6-8-10;1-3-8(2)11(13)14-10-6-4-9(12)5-7-10;1-4-11(2,3)9-5-7-10(12)8-6-9;1-4-8(2)10-5-6-11(12)9(3)7-10;1-3-8(2)9-4-6-10(11)7-5-9;1-3-8(2)9-5-4-6-10(11)7-9/h5-8,13H,4H2,1-3H3;4-8,12H,3H2,1-2H3;2*5-8,12H,4H2,1-3H3;2*4-8,11H,3H2,1-2H3. The largest absolute Gasteiger partial charge is 0.508 e. The zero-order valence-corrected chi connectivity index (χ0v) is 47.6. The van der Waals surface area contributed by atoms with Gasteiger partial charge >= 0.3 is 11.9 Å². The van der Waals surface area contributed by atoms with Gasteiger partial charge in [0.05, 0.1) is 11.3 Å². The number of aryl methyl sites for hydroxylation is 1. The van der Waals surface area contributed by atoms with Gasteiger partial charge in [-0.05, 0) is 201 Å². The summed E-state index contributed by atoms with van der Waals surface area (Å²) in [6.07, 6.45) is 6.00. The van der Waals surface area contributed by atoms with Gasteiger partial charge in [0.25, 0.3) is 0 Å². The summed E-state index contributed by atoms with van der Waals surface area (Å²) in [5.41, 5.74) is 5.81. The van der Waals surface area contributed by atoms with Crippen molar-refractivity contribution in [1.29, 1.82) is 0 Å². The summed E-state index contributed by atoms with van der Waals surface area (Å²) in [6, 6.07) is 40.4. The fourth-order valence-electron chi connectivity index (χ4n) is 6.24. The van der Waals surface area contributed by atoms with Crippen LogP contribution < -0.4 is 9.47 Å². The zero-order valence-electron chi connectivity index (χ0n) is 47.6. The monoisotopic (exact) mass is 1030 g/mol. The minimum absolute atomic E-state index is 0.0937. The van der Waals surface area contributed by atoms with Gasteiger partial charge in [-0.2, -0.15) is 0 Å². The SMILES string of the molecule is CCC(C)(C)C(=O)Oc1ccc(O)cc1.CCC(C)(C)c1ccc(O)cc1.CCC(C)C(=O)Oc1ccc(O)cc1.CCC(C)c1ccc(O)c(C)c1.CCC(C)c1ccc(O)cc1.CCC(C)c1cccc(O)c1. The third-order valence-corrected chi connectivity index (χ3v) is 13.6. The van der Waals surface area contributed by atoms with Crippen LogP contribution in [0.2, 0.25) is 0 Å². The topological polar surface area (TPSA) is 174 Å². The van der Waals surface area contributed by atoms with E-state index >= 15 is 0 Å². The zero-order chi connectivity index (χ0) is 56.9. The van der Waals surface area contributed by atoms with Crippen LogP contribution in [0.3, 0.4) is 0 Å². The summed E-state index contributed by atoms with van der Waals surface area (Å²) < 4.78 is 10.2. The van der Waals surface area contributed by atoms with E-state index in [-0.39, 0.29) is 34.8 Å². The lowest BCUT2D eigenvalue weighted by Crippen LogP contribution is -2.28. The van der Waals surface area contributed by atoms with Crippen molar-refractivity contribution in [3.05, 3.63) is 167 Å². The molecule has 0 amide bonds. The van der Waals surface area contributed by atoms with Crippen LogP contribution in [0.15, 0.2) is 140 Å². The van der Waals surface area contributed by atoms with E-state index in [2.05, 4.69) is 68.4 Å². The van der Waals surface area contributed by atoms with Gasteiger partial charge in [-0.1, -0.05) is 132 Å². The summed E-state index contributed by atoms with van der Waals surface area (Å²) in [5, 5.41) is 54.6. The van der Waals surface area contributed by atoms with Gasteiger partial charge in [0, 0.05) is 0 Å². The molecule has 0 bridgehead atoms. The quantitative estimate of drug-likeness (QED) is 0.0455. The average Bonchev–Trinajstić information content (AvgIpc) is 3.41. The van der Waals surface area contributed by atoms with Crippen LogP contribution in [-0.4, -0.2) is 42.6 Å². The highest BCUT2D eigenvalue weighted by Crippen LogP contribution is 2.29. The molecule has 0 fully saturated rings. The van der Waals surface area contributed by atoms with Crippen molar-refractivity contribution in [2.45, 2.75) is 166 Å². The molecule has 6 aromatic rings. The second-order valence-electron chi connectivity index (χ2n) is 20.3. The van der Waals surface area contributed by atoms with E-state index in [1.165, 1.54) is 46.5 Å². The molecule has 0 aromatic heterocycles. The Morgan fingerprint density at radius 3 is 1.25 bits per heavy atom. The summed E-state index contributed by atoms with van der Waals surface area (Å²) >= 11 is 0. The number of esters is 2. The molecule has 6 rings (SSSR count). The van der Waals surface area contributed by atoms with E-state index in [9.17, 15) is 14.7 Å². The fraction of sp³-hybridized carbons (Fsp3) is 0.415. The molecule has 6 aromatic carbocycles. The first-order chi connectivity index (χ1) is 35.3. The molecule has 4 unspecified atom stereocenters. The van der Waals surface area contributed by atoms with Crippen molar-refractivity contribution in [2.75, 3.05) is 0 Å². The van der Waals surface area contributed by atoms with Crippen LogP contribution in [0.5, 0.6) is 46.0 Å². The molecule has 75 heavy (non-hydrogen) atoms. The number of phenolic OH excluding ortho intramolecular Hbond substituents is 6. The van der Waals surface area contributed by atoms with E-state index < -0.39 is 5.41 Å². The molecule has 410 valence electrons. The normalized spacial score (nSPS) is 12.2. The Kier molecular flexibility index (Phi) is 29.8. The van der Waals surface area contributed by atoms with E-state index in [4.69, 9.17) is 35.0 Å². The number of benzene rings is 6. The van der Waals surface area contributed by atoms with E-state index in [0.29, 0.717) is 52.3 Å². The molecule has 0 saturated heterocycles. The summed E-state index contributed by atoms with van der Waals surface area (Å²) in [6.45, 7) is 30.9. The van der Waals surface area contributed by atoms with Gasteiger partial charge in [0.15, 0.2) is 0 Å². The van der Waals surface area contributed by atoms with E-state index in [0.717, 1.165) is 44.1 Å². The van der Waals surface area contributed by atoms with Gasteiger partial charge < -0.3 is 40.1 Å². The number of aromatic hydroxyl groups is 6. The third kappa shape index (κ3) is 25.2. The Hall–Kier alpha value is -6.94. The maximum atomic E-state index is 11.7. The Bertz CT molecular complexity index is 2510. The van der Waals surface area contributed by atoms with Crippen molar-refractivity contribution < 1.29 is 49.7 Å². The van der Waals surface area contributed by atoms with Crippen LogP contribution in [0.4, 0.5) is 0 Å². The highest BCUT2D eigenvalue weighted by molar-refractivity contribution is 5.78. The minimum Gasteiger partial charge on any atom is -0.508 e. The molecule has 0 saturated carbocycles. The highest BCUT2D eigenvalue weighted by atomic mass is 16.5. The first-order valence-corrected chi connectivity index (χ1v) is 26.5. The number of hydrogen-bond acceptors (Lipinski definition) is 10. The van der Waals surface area contributed by atoms with Crippen LogP contribution in [0, 0.1) is 18.3 Å². The van der Waals surface area contributed by atoms with Gasteiger partial charge in [0.2, 0.25) is 0 Å².